The van der Waals surface area contributed by atoms with Crippen LogP contribution in [0.4, 0.5) is 8.78 Å². The summed E-state index contributed by atoms with van der Waals surface area (Å²) in [6.07, 6.45) is 0. The van der Waals surface area contributed by atoms with E-state index in [0.29, 0.717) is 31.3 Å². The van der Waals surface area contributed by atoms with Gasteiger partial charge in [-0.2, -0.15) is 8.78 Å². The molecule has 1 rings (SSSR count). The van der Waals surface area contributed by atoms with Gasteiger partial charge in [0.2, 0.25) is 0 Å². The number of nitrogens with zero attached hydrogens (tertiary/aromatic N) is 1. The number of hydrogen-bond donors (Lipinski definition) is 2. The molecule has 0 radical (unpaired) electrons. The molecule has 0 bridgehead atoms. The number of alkyl halides is 2. The van der Waals surface area contributed by atoms with E-state index in [1.165, 1.54) is 0 Å². The maximum absolute atomic E-state index is 12.6. The summed E-state index contributed by atoms with van der Waals surface area (Å²) in [7, 11) is 3.22. The van der Waals surface area contributed by atoms with Gasteiger partial charge in [0, 0.05) is 32.8 Å². The number of methoxy groups -OCH3 is 1. The van der Waals surface area contributed by atoms with Gasteiger partial charge in [-0.05, 0) is 13.0 Å². The Morgan fingerprint density at radius 1 is 1.29 bits per heavy atom. The monoisotopic (exact) mass is 459 g/mol. The van der Waals surface area contributed by atoms with Gasteiger partial charge in [-0.25, -0.2) is 0 Å². The summed E-state index contributed by atoms with van der Waals surface area (Å²) >= 11 is 0. The molecule has 9 heteroatoms. The van der Waals surface area contributed by atoms with E-state index in [4.69, 9.17) is 9.47 Å². The van der Waals surface area contributed by atoms with Crippen molar-refractivity contribution in [3.63, 3.8) is 0 Å². The largest absolute Gasteiger partial charge is 0.490 e. The number of para-hydroxylation sites is 1. The van der Waals surface area contributed by atoms with Crippen LogP contribution in [0.5, 0.6) is 11.5 Å². The Morgan fingerprint density at radius 3 is 2.62 bits per heavy atom. The zero-order valence-corrected chi connectivity index (χ0v) is 16.3. The standard InChI is InChI=1S/C15H23F2N3O3.HI/c1-4-22-12-7-5-6-11(13(12)23-14(16)17)10-20-15(18-2)19-8-9-21-3;/h5-7,14H,4,8-10H2,1-3H3,(H2,18,19,20);1H. The minimum absolute atomic E-state index is 0. The first-order valence-electron chi connectivity index (χ1n) is 7.25. The first-order chi connectivity index (χ1) is 11.1. The van der Waals surface area contributed by atoms with Gasteiger partial charge in [0.1, 0.15) is 0 Å². The van der Waals surface area contributed by atoms with Crippen molar-refractivity contribution in [1.82, 2.24) is 10.6 Å². The quantitative estimate of drug-likeness (QED) is 0.257. The Morgan fingerprint density at radius 2 is 2.04 bits per heavy atom. The van der Waals surface area contributed by atoms with Crippen LogP contribution in [0.1, 0.15) is 12.5 Å². The molecule has 0 aromatic heterocycles. The Bertz CT molecular complexity index is 505. The zero-order valence-electron chi connectivity index (χ0n) is 14.0. The molecule has 0 unspecified atom stereocenters. The predicted octanol–water partition coefficient (Wildman–Crippen LogP) is 2.62. The number of guanidine groups is 1. The minimum Gasteiger partial charge on any atom is -0.490 e. The van der Waals surface area contributed by atoms with E-state index >= 15 is 0 Å². The third kappa shape index (κ3) is 7.95. The second-order valence-electron chi connectivity index (χ2n) is 4.40. The van der Waals surface area contributed by atoms with Crippen LogP contribution in [0.2, 0.25) is 0 Å². The van der Waals surface area contributed by atoms with Crippen LogP contribution in [0, 0.1) is 0 Å². The minimum atomic E-state index is -2.92. The molecule has 138 valence electrons. The van der Waals surface area contributed by atoms with Crippen LogP contribution in [-0.2, 0) is 11.3 Å². The molecule has 1 aromatic carbocycles. The lowest BCUT2D eigenvalue weighted by molar-refractivity contribution is -0.0520. The molecule has 0 spiro atoms. The summed E-state index contributed by atoms with van der Waals surface area (Å²) in [5.74, 6) is 0.852. The maximum atomic E-state index is 12.6. The van der Waals surface area contributed by atoms with Crippen molar-refractivity contribution >= 4 is 29.9 Å². The second-order valence-corrected chi connectivity index (χ2v) is 4.40. The number of rotatable bonds is 9. The van der Waals surface area contributed by atoms with Crippen LogP contribution in [-0.4, -0.2) is 46.5 Å². The number of hydrogen-bond acceptors (Lipinski definition) is 4. The predicted molar refractivity (Wildman–Crippen MR) is 99.7 cm³/mol. The van der Waals surface area contributed by atoms with Gasteiger partial charge >= 0.3 is 6.61 Å². The summed E-state index contributed by atoms with van der Waals surface area (Å²) in [6.45, 7) is 0.579. The van der Waals surface area contributed by atoms with Crippen molar-refractivity contribution in [2.45, 2.75) is 20.1 Å². The first kappa shape index (κ1) is 22.6. The van der Waals surface area contributed by atoms with E-state index in [9.17, 15) is 8.78 Å². The smallest absolute Gasteiger partial charge is 0.387 e. The van der Waals surface area contributed by atoms with Crippen molar-refractivity contribution < 1.29 is 23.0 Å². The highest BCUT2D eigenvalue weighted by Crippen LogP contribution is 2.32. The molecule has 1 aromatic rings. The van der Waals surface area contributed by atoms with Gasteiger partial charge in [0.05, 0.1) is 13.2 Å². The van der Waals surface area contributed by atoms with Crippen molar-refractivity contribution in [3.8, 4) is 11.5 Å². The summed E-state index contributed by atoms with van der Waals surface area (Å²) < 4.78 is 40.2. The number of halogens is 3. The van der Waals surface area contributed by atoms with Crippen LogP contribution >= 0.6 is 24.0 Å². The van der Waals surface area contributed by atoms with E-state index in [1.54, 1.807) is 39.3 Å². The van der Waals surface area contributed by atoms with Crippen molar-refractivity contribution in [3.05, 3.63) is 23.8 Å². The SMILES string of the molecule is CCOc1cccc(CNC(=NC)NCCOC)c1OC(F)F.I. The molecule has 0 heterocycles. The van der Waals surface area contributed by atoms with Crippen molar-refractivity contribution in [2.24, 2.45) is 4.99 Å². The normalized spacial score (nSPS) is 11.0. The van der Waals surface area contributed by atoms with Gasteiger partial charge in [-0.1, -0.05) is 12.1 Å². The molecule has 0 amide bonds. The van der Waals surface area contributed by atoms with E-state index < -0.39 is 6.61 Å². The average Bonchev–Trinajstić information content (AvgIpc) is 2.53. The summed E-state index contributed by atoms with van der Waals surface area (Å²) in [4.78, 5) is 4.04. The van der Waals surface area contributed by atoms with E-state index in [1.807, 2.05) is 0 Å². The van der Waals surface area contributed by atoms with Crippen molar-refractivity contribution in [2.75, 3.05) is 33.9 Å². The first-order valence-corrected chi connectivity index (χ1v) is 7.25. The van der Waals surface area contributed by atoms with E-state index in [-0.39, 0.29) is 42.0 Å². The fourth-order valence-corrected chi connectivity index (χ4v) is 1.86. The van der Waals surface area contributed by atoms with Crippen LogP contribution in [0.25, 0.3) is 0 Å². The lowest BCUT2D eigenvalue weighted by Gasteiger charge is -2.17. The highest BCUT2D eigenvalue weighted by Gasteiger charge is 2.15. The Balaban J connectivity index is 0.00000529. The molecule has 0 aliphatic carbocycles. The molecule has 0 aliphatic rings. The number of nitrogens with one attached hydrogen (secondary N) is 2. The lowest BCUT2D eigenvalue weighted by atomic mass is 10.2. The molecule has 0 saturated carbocycles. The van der Waals surface area contributed by atoms with Crippen LogP contribution in [0.15, 0.2) is 23.2 Å². The van der Waals surface area contributed by atoms with Crippen LogP contribution < -0.4 is 20.1 Å². The Labute approximate surface area is 158 Å². The Kier molecular flexibility index (Phi) is 12.3. The van der Waals surface area contributed by atoms with Gasteiger partial charge < -0.3 is 24.8 Å². The third-order valence-electron chi connectivity index (χ3n) is 2.84. The fourth-order valence-electron chi connectivity index (χ4n) is 1.86. The van der Waals surface area contributed by atoms with Gasteiger partial charge in [0.25, 0.3) is 0 Å². The van der Waals surface area contributed by atoms with Gasteiger partial charge in [-0.3, -0.25) is 4.99 Å². The molecule has 0 fully saturated rings. The zero-order chi connectivity index (χ0) is 17.1. The molecule has 0 saturated heterocycles. The highest BCUT2D eigenvalue weighted by atomic mass is 127. The number of ether oxygens (including phenoxy) is 3. The van der Waals surface area contributed by atoms with Crippen molar-refractivity contribution in [1.29, 1.82) is 0 Å². The third-order valence-corrected chi connectivity index (χ3v) is 2.84. The molecular weight excluding hydrogens is 435 g/mol. The van der Waals surface area contributed by atoms with E-state index in [2.05, 4.69) is 20.4 Å². The Hall–Kier alpha value is -1.36. The summed E-state index contributed by atoms with van der Waals surface area (Å²) in [5.41, 5.74) is 0.547. The fraction of sp³-hybridized carbons (Fsp3) is 0.533. The molecule has 2 N–H and O–H groups in total. The number of benzene rings is 1. The highest BCUT2D eigenvalue weighted by molar-refractivity contribution is 14.0. The topological polar surface area (TPSA) is 64.1 Å². The summed E-state index contributed by atoms with van der Waals surface area (Å²) in [6, 6.07) is 5.01. The van der Waals surface area contributed by atoms with Crippen LogP contribution in [0.3, 0.4) is 0 Å². The number of aliphatic imine (C=N–C) groups is 1. The van der Waals surface area contributed by atoms with Gasteiger partial charge in [-0.15, -0.1) is 24.0 Å². The lowest BCUT2D eigenvalue weighted by Crippen LogP contribution is -2.38. The summed E-state index contributed by atoms with van der Waals surface area (Å²) in [5, 5.41) is 6.06. The van der Waals surface area contributed by atoms with Gasteiger partial charge in [0.15, 0.2) is 17.5 Å². The molecule has 0 aliphatic heterocycles. The molecular formula is C15H24F2IN3O3. The average molecular weight is 459 g/mol. The molecule has 24 heavy (non-hydrogen) atoms. The molecule has 0 atom stereocenters. The second kappa shape index (κ2) is 13.0. The molecule has 6 nitrogen and oxygen atoms in total. The maximum Gasteiger partial charge on any atom is 0.387 e. The van der Waals surface area contributed by atoms with E-state index in [0.717, 1.165) is 0 Å².